The molecule has 18 heavy (non-hydrogen) atoms. The van der Waals surface area contributed by atoms with Crippen LogP contribution in [0.4, 0.5) is 0 Å². The number of carboxylic acid groups (broad SMARTS) is 1. The first-order valence-corrected chi connectivity index (χ1v) is 5.81. The lowest BCUT2D eigenvalue weighted by atomic mass is 9.92. The lowest BCUT2D eigenvalue weighted by molar-refractivity contribution is -0.165. The van der Waals surface area contributed by atoms with E-state index in [2.05, 4.69) is 18.4 Å². The van der Waals surface area contributed by atoms with Gasteiger partial charge in [0.05, 0.1) is 5.92 Å². The van der Waals surface area contributed by atoms with Gasteiger partial charge in [-0.1, -0.05) is 32.3 Å². The summed E-state index contributed by atoms with van der Waals surface area (Å²) in [4.78, 5) is 22.1. The third-order valence-corrected chi connectivity index (χ3v) is 2.10. The topological polar surface area (TPSA) is 63.6 Å². The van der Waals surface area contributed by atoms with E-state index in [1.807, 2.05) is 13.8 Å². The van der Waals surface area contributed by atoms with Crippen molar-refractivity contribution in [2.75, 3.05) is 0 Å². The summed E-state index contributed by atoms with van der Waals surface area (Å²) in [5.74, 6) is 3.53. The van der Waals surface area contributed by atoms with E-state index in [9.17, 15) is 9.59 Å². The lowest BCUT2D eigenvalue weighted by Gasteiger charge is -2.20. The number of esters is 1. The van der Waals surface area contributed by atoms with Crippen LogP contribution in [0.1, 0.15) is 34.1 Å². The summed E-state index contributed by atoms with van der Waals surface area (Å²) < 4.78 is 4.84. The van der Waals surface area contributed by atoms with Crippen molar-refractivity contribution >= 4 is 11.9 Å². The van der Waals surface area contributed by atoms with E-state index in [1.54, 1.807) is 6.92 Å². The third-order valence-electron chi connectivity index (χ3n) is 2.10. The molecule has 0 saturated carbocycles. The minimum absolute atomic E-state index is 0.256. The van der Waals surface area contributed by atoms with Crippen LogP contribution in [0.5, 0.6) is 0 Å². The zero-order valence-electron chi connectivity index (χ0n) is 11.3. The van der Waals surface area contributed by atoms with Gasteiger partial charge < -0.3 is 9.84 Å². The van der Waals surface area contributed by atoms with Crippen LogP contribution in [0.2, 0.25) is 0 Å². The molecular weight excluding hydrogens is 232 g/mol. The maximum Gasteiger partial charge on any atom is 0.346 e. The third kappa shape index (κ3) is 6.74. The molecule has 1 N–H and O–H groups in total. The van der Waals surface area contributed by atoms with Gasteiger partial charge >= 0.3 is 11.9 Å². The fourth-order valence-corrected chi connectivity index (χ4v) is 1.47. The number of aliphatic carboxylic acids is 1. The fraction of sp³-hybridized carbons (Fsp3) is 0.571. The number of carbonyl (C=O) groups is 2. The smallest absolute Gasteiger partial charge is 0.346 e. The maximum atomic E-state index is 11.1. The molecule has 0 aliphatic heterocycles. The Labute approximate surface area is 108 Å². The van der Waals surface area contributed by atoms with E-state index < -0.39 is 24.0 Å². The molecule has 0 radical (unpaired) electrons. The highest BCUT2D eigenvalue weighted by Crippen LogP contribution is 2.18. The van der Waals surface area contributed by atoms with Crippen molar-refractivity contribution in [1.82, 2.24) is 0 Å². The first kappa shape index (κ1) is 16.2. The summed E-state index contributed by atoms with van der Waals surface area (Å²) in [6.07, 6.45) is -0.679. The van der Waals surface area contributed by atoms with Crippen molar-refractivity contribution in [3.63, 3.8) is 0 Å². The summed E-state index contributed by atoms with van der Waals surface area (Å²) in [5, 5.41) is 9.10. The van der Waals surface area contributed by atoms with E-state index in [-0.39, 0.29) is 5.92 Å². The lowest BCUT2D eigenvalue weighted by Crippen LogP contribution is -2.34. The van der Waals surface area contributed by atoms with Gasteiger partial charge in [0.15, 0.2) is 0 Å². The first-order chi connectivity index (χ1) is 8.23. The molecule has 4 nitrogen and oxygen atoms in total. The van der Waals surface area contributed by atoms with Crippen LogP contribution in [0.3, 0.4) is 0 Å². The van der Waals surface area contributed by atoms with Crippen LogP contribution in [-0.2, 0) is 14.3 Å². The van der Waals surface area contributed by atoms with Gasteiger partial charge in [-0.15, -0.1) is 0 Å². The summed E-state index contributed by atoms with van der Waals surface area (Å²) in [6.45, 7) is 10.5. The first-order valence-electron chi connectivity index (χ1n) is 5.81. The van der Waals surface area contributed by atoms with Gasteiger partial charge in [-0.05, 0) is 24.8 Å². The number of rotatable bonds is 5. The van der Waals surface area contributed by atoms with E-state index >= 15 is 0 Å². The van der Waals surface area contributed by atoms with Crippen LogP contribution in [-0.4, -0.2) is 23.1 Å². The highest BCUT2D eigenvalue weighted by atomic mass is 16.6. The quantitative estimate of drug-likeness (QED) is 0.602. The summed E-state index contributed by atoms with van der Waals surface area (Å²) >= 11 is 0. The van der Waals surface area contributed by atoms with Gasteiger partial charge in [-0.25, -0.2) is 4.79 Å². The summed E-state index contributed by atoms with van der Waals surface area (Å²) in [6, 6.07) is 0. The van der Waals surface area contributed by atoms with E-state index in [0.717, 1.165) is 0 Å². The highest BCUT2D eigenvalue weighted by molar-refractivity contribution is 5.77. The van der Waals surface area contributed by atoms with Crippen molar-refractivity contribution < 1.29 is 19.4 Å². The largest absolute Gasteiger partial charge is 0.478 e. The van der Waals surface area contributed by atoms with Gasteiger partial charge in [0.2, 0.25) is 6.10 Å². The van der Waals surface area contributed by atoms with Gasteiger partial charge in [0, 0.05) is 6.92 Å². The van der Waals surface area contributed by atoms with Gasteiger partial charge in [-0.2, -0.15) is 0 Å². The van der Waals surface area contributed by atoms with Crippen molar-refractivity contribution in [3.05, 3.63) is 12.2 Å². The van der Waals surface area contributed by atoms with Crippen molar-refractivity contribution in [1.29, 1.82) is 0 Å². The Morgan fingerprint density at radius 3 is 2.22 bits per heavy atom. The molecule has 0 aliphatic rings. The highest BCUT2D eigenvalue weighted by Gasteiger charge is 2.30. The number of carboxylic acids is 1. The van der Waals surface area contributed by atoms with Crippen LogP contribution in [0.25, 0.3) is 0 Å². The van der Waals surface area contributed by atoms with Crippen LogP contribution >= 0.6 is 0 Å². The zero-order chi connectivity index (χ0) is 14.3. The molecule has 0 aromatic carbocycles. The standard InChI is InChI=1S/C14H20O4/c1-9(2)6-7-12(8-10(3)4)13(14(16)17)18-11(5)15/h10,12-13H,1,8H2,2-5H3,(H,16,17). The molecule has 4 heteroatoms. The summed E-state index contributed by atoms with van der Waals surface area (Å²) in [5.41, 5.74) is 0.649. The SMILES string of the molecule is C=C(C)C#CC(CC(C)C)C(OC(C)=O)C(=O)O. The molecule has 0 rings (SSSR count). The fourth-order valence-electron chi connectivity index (χ4n) is 1.47. The van der Waals surface area contributed by atoms with Crippen LogP contribution in [0, 0.1) is 23.7 Å². The molecule has 0 amide bonds. The Bertz CT molecular complexity index is 384. The molecule has 2 atom stereocenters. The Kier molecular flexibility index (Phi) is 6.81. The van der Waals surface area contributed by atoms with Crippen molar-refractivity contribution in [3.8, 4) is 11.8 Å². The van der Waals surface area contributed by atoms with Crippen molar-refractivity contribution in [2.24, 2.45) is 11.8 Å². The molecule has 0 heterocycles. The molecule has 0 saturated heterocycles. The molecule has 0 bridgehead atoms. The molecule has 0 aliphatic carbocycles. The molecule has 0 spiro atoms. The van der Waals surface area contributed by atoms with Gasteiger partial charge in [0.1, 0.15) is 0 Å². The Hall–Kier alpha value is -1.76. The van der Waals surface area contributed by atoms with Crippen LogP contribution in [0.15, 0.2) is 12.2 Å². The predicted octanol–water partition coefficient (Wildman–Crippen LogP) is 2.24. The minimum atomic E-state index is -1.23. The Balaban J connectivity index is 5.10. The van der Waals surface area contributed by atoms with Gasteiger partial charge in [0.25, 0.3) is 0 Å². The second-order valence-corrected chi connectivity index (χ2v) is 4.65. The zero-order valence-corrected chi connectivity index (χ0v) is 11.3. The number of allylic oxidation sites excluding steroid dienone is 1. The second-order valence-electron chi connectivity index (χ2n) is 4.65. The predicted molar refractivity (Wildman–Crippen MR) is 68.7 cm³/mol. The molecule has 0 fully saturated rings. The number of carbonyl (C=O) groups excluding carboxylic acids is 1. The van der Waals surface area contributed by atoms with E-state index in [4.69, 9.17) is 9.84 Å². The average Bonchev–Trinajstić information content (AvgIpc) is 2.19. The number of hydrogen-bond donors (Lipinski definition) is 1. The monoisotopic (exact) mass is 252 g/mol. The molecular formula is C14H20O4. The number of ether oxygens (including phenoxy) is 1. The second kappa shape index (κ2) is 7.54. The van der Waals surface area contributed by atoms with Crippen LogP contribution < -0.4 is 0 Å². The van der Waals surface area contributed by atoms with Gasteiger partial charge in [-0.3, -0.25) is 4.79 Å². The molecule has 2 unspecified atom stereocenters. The molecule has 100 valence electrons. The van der Waals surface area contributed by atoms with E-state index in [1.165, 1.54) is 6.92 Å². The normalized spacial score (nSPS) is 13.2. The number of hydrogen-bond acceptors (Lipinski definition) is 3. The molecule has 0 aromatic rings. The minimum Gasteiger partial charge on any atom is -0.478 e. The maximum absolute atomic E-state index is 11.1. The summed E-state index contributed by atoms with van der Waals surface area (Å²) in [7, 11) is 0. The van der Waals surface area contributed by atoms with Crippen molar-refractivity contribution in [2.45, 2.75) is 40.2 Å². The van der Waals surface area contributed by atoms with E-state index in [0.29, 0.717) is 12.0 Å². The Morgan fingerprint density at radius 1 is 1.33 bits per heavy atom. The Morgan fingerprint density at radius 2 is 1.89 bits per heavy atom. The molecule has 0 aromatic heterocycles. The average molecular weight is 252 g/mol.